The van der Waals surface area contributed by atoms with Crippen molar-refractivity contribution >= 4 is 15.6 Å². The Bertz CT molecular complexity index is 392. The maximum Gasteiger partial charge on any atom is 0.466 e. The van der Waals surface area contributed by atoms with Gasteiger partial charge in [-0.15, -0.1) is 0 Å². The molecule has 1 unspecified atom stereocenters. The van der Waals surface area contributed by atoms with Gasteiger partial charge in [0.25, 0.3) is 0 Å². The Morgan fingerprint density at radius 3 is 1.27 bits per heavy atom. The molecule has 0 bridgehead atoms. The fourth-order valence-corrected chi connectivity index (χ4v) is 1.89. The molecule has 1 atom stereocenters. The molecule has 0 fully saturated rings. The van der Waals surface area contributed by atoms with E-state index in [1.54, 1.807) is 0 Å². The molecule has 0 rings (SSSR count). The summed E-state index contributed by atoms with van der Waals surface area (Å²) in [6.45, 7) is 16.5. The minimum Gasteiger partial charge on any atom is -0.303 e. The van der Waals surface area contributed by atoms with Gasteiger partial charge in [-0.1, -0.05) is 80.6 Å². The molecule has 6 N–H and O–H groups in total. The first kappa shape index (κ1) is 30.9. The summed E-state index contributed by atoms with van der Waals surface area (Å²) in [5.74, 6) is 0.857. The van der Waals surface area contributed by atoms with Gasteiger partial charge in [0.1, 0.15) is 0 Å². The highest BCUT2D eigenvalue weighted by molar-refractivity contribution is 7.45. The molecule has 162 valence electrons. The van der Waals surface area contributed by atoms with Crippen molar-refractivity contribution in [1.82, 2.24) is 0 Å². The van der Waals surface area contributed by atoms with Gasteiger partial charge in [-0.3, -0.25) is 0 Å². The summed E-state index contributed by atoms with van der Waals surface area (Å²) < 4.78 is 17.8. The van der Waals surface area contributed by atoms with Crippen molar-refractivity contribution in [1.29, 1.82) is 0 Å². The maximum atomic E-state index is 8.88. The van der Waals surface area contributed by atoms with Crippen LogP contribution in [0.2, 0.25) is 0 Å². The molecule has 0 aromatic rings. The first-order chi connectivity index (χ1) is 11.1. The Kier molecular flexibility index (Phi) is 15.9. The molecule has 8 nitrogen and oxygen atoms in total. The van der Waals surface area contributed by atoms with Crippen molar-refractivity contribution in [2.45, 2.75) is 87.0 Å². The summed E-state index contributed by atoms with van der Waals surface area (Å²) in [6.07, 6.45) is 8.46. The van der Waals surface area contributed by atoms with Crippen LogP contribution in [0.5, 0.6) is 0 Å². The number of hydrogen-bond acceptors (Lipinski definition) is 2. The lowest BCUT2D eigenvalue weighted by molar-refractivity contribution is 0.240. The second-order valence-corrected chi connectivity index (χ2v) is 10.9. The highest BCUT2D eigenvalue weighted by Gasteiger charge is 2.19. The predicted octanol–water partition coefficient (Wildman–Crippen LogP) is 4.20. The Balaban J connectivity index is -0.000000433. The molecule has 0 aliphatic carbocycles. The molecular weight excluding hydrogens is 382 g/mol. The van der Waals surface area contributed by atoms with Crippen molar-refractivity contribution in [2.75, 3.05) is 0 Å². The van der Waals surface area contributed by atoms with E-state index in [1.165, 1.54) is 38.5 Å². The van der Waals surface area contributed by atoms with Gasteiger partial charge in [0, 0.05) is 0 Å². The molecule has 10 heteroatoms. The van der Waals surface area contributed by atoms with Gasteiger partial charge in [-0.2, -0.15) is 0 Å². The molecule has 0 aromatic carbocycles. The molecule has 0 amide bonds. The van der Waals surface area contributed by atoms with E-state index in [0.717, 1.165) is 5.92 Å². The topological polar surface area (TPSA) is 156 Å². The second kappa shape index (κ2) is 13.4. The zero-order chi connectivity index (χ0) is 21.8. The fourth-order valence-electron chi connectivity index (χ4n) is 1.89. The predicted molar refractivity (Wildman–Crippen MR) is 104 cm³/mol. The van der Waals surface area contributed by atoms with E-state index in [4.69, 9.17) is 38.5 Å². The lowest BCUT2D eigenvalue weighted by Gasteiger charge is -2.27. The van der Waals surface area contributed by atoms with Crippen LogP contribution in [-0.4, -0.2) is 29.4 Å². The molecule has 26 heavy (non-hydrogen) atoms. The molecule has 0 saturated carbocycles. The first-order valence-corrected chi connectivity index (χ1v) is 11.8. The van der Waals surface area contributed by atoms with E-state index in [0.29, 0.717) is 10.8 Å². The number of rotatable bonds is 6. The van der Waals surface area contributed by atoms with Crippen molar-refractivity contribution in [3.05, 3.63) is 0 Å². The van der Waals surface area contributed by atoms with E-state index in [2.05, 4.69) is 48.5 Å². The van der Waals surface area contributed by atoms with Crippen LogP contribution in [0.25, 0.3) is 0 Å². The molecular formula is C16H40O8P2. The highest BCUT2D eigenvalue weighted by atomic mass is 31.2. The third-order valence-corrected chi connectivity index (χ3v) is 3.79. The largest absolute Gasteiger partial charge is 0.466 e. The zero-order valence-electron chi connectivity index (χ0n) is 17.2. The molecule has 0 saturated heterocycles. The Morgan fingerprint density at radius 1 is 0.692 bits per heavy atom. The lowest BCUT2D eigenvalue weighted by atomic mass is 9.79. The van der Waals surface area contributed by atoms with Crippen LogP contribution in [0.4, 0.5) is 0 Å². The third kappa shape index (κ3) is 49.6. The smallest absolute Gasteiger partial charge is 0.303 e. The van der Waals surface area contributed by atoms with Gasteiger partial charge in [-0.25, -0.2) is 9.13 Å². The SMILES string of the molecule is CC(CCCCCCC(C)(C)C)C(C)(C)C.O=P(O)(O)O.O=P(O)(O)O. The van der Waals surface area contributed by atoms with Crippen LogP contribution in [0.3, 0.4) is 0 Å². The van der Waals surface area contributed by atoms with Crippen molar-refractivity contribution in [3.63, 3.8) is 0 Å². The Morgan fingerprint density at radius 2 is 1.00 bits per heavy atom. The third-order valence-electron chi connectivity index (χ3n) is 3.79. The van der Waals surface area contributed by atoms with E-state index in [1.807, 2.05) is 0 Å². The minimum atomic E-state index is -4.64. The van der Waals surface area contributed by atoms with Crippen molar-refractivity contribution in [2.24, 2.45) is 16.7 Å². The quantitative estimate of drug-likeness (QED) is 0.275. The monoisotopic (exact) mass is 422 g/mol. The van der Waals surface area contributed by atoms with Gasteiger partial charge < -0.3 is 29.4 Å². The van der Waals surface area contributed by atoms with Crippen molar-refractivity contribution < 1.29 is 38.5 Å². The average Bonchev–Trinajstić information content (AvgIpc) is 2.26. The van der Waals surface area contributed by atoms with E-state index in [9.17, 15) is 0 Å². The molecule has 0 aromatic heterocycles. The lowest BCUT2D eigenvalue weighted by Crippen LogP contribution is -2.16. The molecule has 0 aliphatic heterocycles. The summed E-state index contributed by atoms with van der Waals surface area (Å²) in [7, 11) is -9.28. The summed E-state index contributed by atoms with van der Waals surface area (Å²) in [4.78, 5) is 43.1. The summed E-state index contributed by atoms with van der Waals surface area (Å²) in [6, 6.07) is 0. The van der Waals surface area contributed by atoms with Crippen molar-refractivity contribution in [3.8, 4) is 0 Å². The van der Waals surface area contributed by atoms with Crippen LogP contribution < -0.4 is 0 Å². The highest BCUT2D eigenvalue weighted by Crippen LogP contribution is 2.30. The van der Waals surface area contributed by atoms with E-state index in [-0.39, 0.29) is 0 Å². The second-order valence-electron chi connectivity index (χ2n) is 8.81. The van der Waals surface area contributed by atoms with Crippen LogP contribution >= 0.6 is 15.6 Å². The molecule has 0 aliphatic rings. The average molecular weight is 422 g/mol. The Labute approximate surface area is 158 Å². The number of phosphoric acid groups is 2. The zero-order valence-corrected chi connectivity index (χ0v) is 19.0. The fraction of sp³-hybridized carbons (Fsp3) is 1.00. The van der Waals surface area contributed by atoms with Gasteiger partial charge in [0.15, 0.2) is 0 Å². The number of unbranched alkanes of at least 4 members (excludes halogenated alkanes) is 3. The van der Waals surface area contributed by atoms with E-state index < -0.39 is 15.6 Å². The molecule has 0 heterocycles. The van der Waals surface area contributed by atoms with Crippen LogP contribution in [0.15, 0.2) is 0 Å². The van der Waals surface area contributed by atoms with E-state index >= 15 is 0 Å². The summed E-state index contributed by atoms with van der Waals surface area (Å²) in [5.41, 5.74) is 1.02. The normalized spacial score (nSPS) is 13.9. The summed E-state index contributed by atoms with van der Waals surface area (Å²) >= 11 is 0. The molecule has 0 radical (unpaired) electrons. The van der Waals surface area contributed by atoms with Crippen LogP contribution in [0, 0.1) is 16.7 Å². The number of hydrogen-bond donors (Lipinski definition) is 6. The van der Waals surface area contributed by atoms with Crippen LogP contribution in [-0.2, 0) is 9.13 Å². The Hall–Kier alpha value is 0.220. The standard InChI is InChI=1S/C16H34.2H3O4P/c1-14(16(5,6)7)12-10-8-9-11-13-15(2,3)4;2*1-5(2,3)4/h14H,8-13H2,1-7H3;2*(H3,1,2,3,4). The minimum absolute atomic E-state index is 0.491. The summed E-state index contributed by atoms with van der Waals surface area (Å²) in [5, 5.41) is 0. The van der Waals surface area contributed by atoms with Gasteiger partial charge in [0.05, 0.1) is 0 Å². The van der Waals surface area contributed by atoms with Gasteiger partial charge in [0.2, 0.25) is 0 Å². The molecule has 0 spiro atoms. The van der Waals surface area contributed by atoms with Gasteiger partial charge in [-0.05, 0) is 23.2 Å². The first-order valence-electron chi connectivity index (χ1n) is 8.69. The maximum absolute atomic E-state index is 8.88. The van der Waals surface area contributed by atoms with Crippen LogP contribution in [0.1, 0.15) is 87.0 Å². The van der Waals surface area contributed by atoms with Gasteiger partial charge >= 0.3 is 15.6 Å².